The van der Waals surface area contributed by atoms with Gasteiger partial charge in [-0.25, -0.2) is 4.79 Å². The van der Waals surface area contributed by atoms with Crippen LogP contribution in [0.3, 0.4) is 0 Å². The number of fused-ring (bicyclic) bond motifs is 1. The molecule has 0 radical (unpaired) electrons. The van der Waals surface area contributed by atoms with Crippen LogP contribution in [0.5, 0.6) is 5.75 Å². The lowest BCUT2D eigenvalue weighted by atomic mass is 10.0. The van der Waals surface area contributed by atoms with E-state index in [1.165, 1.54) is 7.11 Å². The Kier molecular flexibility index (Phi) is 5.37. The Morgan fingerprint density at radius 3 is 2.54 bits per heavy atom. The highest BCUT2D eigenvalue weighted by atomic mass is 16.5. The van der Waals surface area contributed by atoms with Gasteiger partial charge in [0.25, 0.3) is 5.91 Å². The zero-order chi connectivity index (χ0) is 18.5. The van der Waals surface area contributed by atoms with Crippen molar-refractivity contribution in [2.45, 2.75) is 12.8 Å². The summed E-state index contributed by atoms with van der Waals surface area (Å²) in [6, 6.07) is 12.7. The van der Waals surface area contributed by atoms with Crippen LogP contribution in [-0.2, 0) is 16.0 Å². The van der Waals surface area contributed by atoms with Gasteiger partial charge in [-0.05, 0) is 60.4 Å². The summed E-state index contributed by atoms with van der Waals surface area (Å²) in [5.74, 6) is 0.365. The maximum Gasteiger partial charge on any atom is 0.337 e. The first-order chi connectivity index (χ1) is 12.6. The van der Waals surface area contributed by atoms with Gasteiger partial charge in [0.05, 0.1) is 19.8 Å². The molecule has 26 heavy (non-hydrogen) atoms. The lowest BCUT2D eigenvalue weighted by Crippen LogP contribution is -2.34. The highest BCUT2D eigenvalue weighted by molar-refractivity contribution is 6.04. The third-order valence-corrected chi connectivity index (χ3v) is 4.42. The number of hydrogen-bond acceptors (Lipinski definition) is 4. The molecule has 1 heterocycles. The van der Waals surface area contributed by atoms with E-state index >= 15 is 0 Å². The topological polar surface area (TPSA) is 55.8 Å². The molecule has 3 rings (SSSR count). The molecule has 0 unspecified atom stereocenters. The van der Waals surface area contributed by atoms with Crippen LogP contribution in [0.25, 0.3) is 6.08 Å². The number of carbonyl (C=O) groups is 2. The number of amides is 1. The molecule has 0 spiro atoms. The average Bonchev–Trinajstić information content (AvgIpc) is 2.70. The molecule has 5 nitrogen and oxygen atoms in total. The first-order valence-corrected chi connectivity index (χ1v) is 8.47. The van der Waals surface area contributed by atoms with Crippen LogP contribution in [0.15, 0.2) is 48.5 Å². The van der Waals surface area contributed by atoms with E-state index in [1.54, 1.807) is 48.4 Å². The summed E-state index contributed by atoms with van der Waals surface area (Å²) in [4.78, 5) is 25.9. The highest BCUT2D eigenvalue weighted by Gasteiger charge is 2.21. The third kappa shape index (κ3) is 3.77. The minimum Gasteiger partial charge on any atom is -0.497 e. The Hall–Kier alpha value is -3.08. The lowest BCUT2D eigenvalue weighted by Gasteiger charge is -2.29. The van der Waals surface area contributed by atoms with Crippen molar-refractivity contribution >= 4 is 23.6 Å². The maximum atomic E-state index is 12.6. The number of carbonyl (C=O) groups excluding carboxylic acids is 2. The molecule has 0 bridgehead atoms. The molecule has 1 aliphatic heterocycles. The van der Waals surface area contributed by atoms with Gasteiger partial charge >= 0.3 is 5.97 Å². The van der Waals surface area contributed by atoms with E-state index in [2.05, 4.69) is 4.74 Å². The summed E-state index contributed by atoms with van der Waals surface area (Å²) in [5.41, 5.74) is 3.39. The minimum atomic E-state index is -0.378. The second kappa shape index (κ2) is 7.87. The van der Waals surface area contributed by atoms with Gasteiger partial charge in [-0.15, -0.1) is 0 Å². The number of rotatable bonds is 4. The average molecular weight is 351 g/mol. The summed E-state index contributed by atoms with van der Waals surface area (Å²) in [7, 11) is 2.99. The van der Waals surface area contributed by atoms with Crippen LogP contribution in [0, 0.1) is 0 Å². The summed E-state index contributed by atoms with van der Waals surface area (Å²) in [6.45, 7) is 0.698. The molecule has 1 amide bonds. The smallest absolute Gasteiger partial charge is 0.337 e. The van der Waals surface area contributed by atoms with Crippen molar-refractivity contribution in [3.05, 3.63) is 65.2 Å². The van der Waals surface area contributed by atoms with Crippen molar-refractivity contribution in [3.63, 3.8) is 0 Å². The van der Waals surface area contributed by atoms with Crippen LogP contribution in [-0.4, -0.2) is 32.6 Å². The van der Waals surface area contributed by atoms with E-state index in [9.17, 15) is 9.59 Å². The minimum absolute atomic E-state index is 0.0619. The van der Waals surface area contributed by atoms with Gasteiger partial charge in [0.2, 0.25) is 0 Å². The fraction of sp³-hybridized carbons (Fsp3) is 0.238. The van der Waals surface area contributed by atoms with Crippen LogP contribution in [0.1, 0.15) is 27.9 Å². The lowest BCUT2D eigenvalue weighted by molar-refractivity contribution is -0.114. The van der Waals surface area contributed by atoms with E-state index in [-0.39, 0.29) is 11.9 Å². The van der Waals surface area contributed by atoms with Crippen LogP contribution < -0.4 is 9.64 Å². The van der Waals surface area contributed by atoms with Crippen molar-refractivity contribution in [1.82, 2.24) is 0 Å². The summed E-state index contributed by atoms with van der Waals surface area (Å²) in [6.07, 6.45) is 5.18. The van der Waals surface area contributed by atoms with Gasteiger partial charge in [0, 0.05) is 18.3 Å². The predicted octanol–water partition coefficient (Wildman–Crippen LogP) is 3.47. The van der Waals surface area contributed by atoms with Gasteiger partial charge in [-0.1, -0.05) is 12.1 Å². The fourth-order valence-electron chi connectivity index (χ4n) is 3.04. The molecular formula is C21H21NO4. The van der Waals surface area contributed by atoms with E-state index in [0.717, 1.165) is 35.4 Å². The molecule has 0 aromatic heterocycles. The van der Waals surface area contributed by atoms with E-state index in [0.29, 0.717) is 12.1 Å². The summed E-state index contributed by atoms with van der Waals surface area (Å²) >= 11 is 0. The Labute approximate surface area is 152 Å². The fourth-order valence-corrected chi connectivity index (χ4v) is 3.04. The molecule has 2 aromatic rings. The Morgan fingerprint density at radius 1 is 1.08 bits per heavy atom. The van der Waals surface area contributed by atoms with Crippen molar-refractivity contribution < 1.29 is 19.1 Å². The van der Waals surface area contributed by atoms with E-state index < -0.39 is 0 Å². The molecule has 2 aromatic carbocycles. The standard InChI is InChI=1S/C21H21NO4/c1-25-18-10-11-19-17(14-18)4-3-13-22(19)20(23)12-7-15-5-8-16(9-6-15)21(24)26-2/h5-12,14H,3-4,13H2,1-2H3/b12-7+. The Balaban J connectivity index is 1.74. The van der Waals surface area contributed by atoms with Gasteiger partial charge in [0.15, 0.2) is 0 Å². The first-order valence-electron chi connectivity index (χ1n) is 8.47. The number of esters is 1. The van der Waals surface area contributed by atoms with Crippen molar-refractivity contribution in [2.75, 3.05) is 25.7 Å². The van der Waals surface area contributed by atoms with Gasteiger partial charge in [-0.3, -0.25) is 4.79 Å². The number of hydrogen-bond donors (Lipinski definition) is 0. The van der Waals surface area contributed by atoms with Crippen LogP contribution in [0.2, 0.25) is 0 Å². The number of nitrogens with zero attached hydrogens (tertiary/aromatic N) is 1. The molecule has 0 fully saturated rings. The van der Waals surface area contributed by atoms with E-state index in [1.807, 2.05) is 18.2 Å². The molecule has 1 aliphatic rings. The van der Waals surface area contributed by atoms with Crippen molar-refractivity contribution in [1.29, 1.82) is 0 Å². The zero-order valence-corrected chi connectivity index (χ0v) is 14.9. The number of ether oxygens (including phenoxy) is 2. The number of aryl methyl sites for hydroxylation is 1. The Morgan fingerprint density at radius 2 is 1.85 bits per heavy atom. The SMILES string of the molecule is COC(=O)c1ccc(/C=C/C(=O)N2CCCc3cc(OC)ccc32)cc1. The molecule has 0 atom stereocenters. The second-order valence-electron chi connectivity index (χ2n) is 6.03. The van der Waals surface area contributed by atoms with Crippen LogP contribution >= 0.6 is 0 Å². The normalized spacial score (nSPS) is 13.4. The van der Waals surface area contributed by atoms with E-state index in [4.69, 9.17) is 4.74 Å². The molecule has 134 valence electrons. The monoisotopic (exact) mass is 351 g/mol. The maximum absolute atomic E-state index is 12.6. The number of methoxy groups -OCH3 is 2. The first kappa shape index (κ1) is 17.7. The van der Waals surface area contributed by atoms with Crippen LogP contribution in [0.4, 0.5) is 5.69 Å². The molecule has 5 heteroatoms. The number of benzene rings is 2. The van der Waals surface area contributed by atoms with Gasteiger partial charge in [0.1, 0.15) is 5.75 Å². The molecule has 0 saturated heterocycles. The van der Waals surface area contributed by atoms with Gasteiger partial charge < -0.3 is 14.4 Å². The summed E-state index contributed by atoms with van der Waals surface area (Å²) in [5, 5.41) is 0. The zero-order valence-electron chi connectivity index (χ0n) is 14.9. The molecular weight excluding hydrogens is 330 g/mol. The molecule has 0 aliphatic carbocycles. The number of anilines is 1. The second-order valence-corrected chi connectivity index (χ2v) is 6.03. The van der Waals surface area contributed by atoms with Gasteiger partial charge in [-0.2, -0.15) is 0 Å². The predicted molar refractivity (Wildman–Crippen MR) is 100 cm³/mol. The largest absolute Gasteiger partial charge is 0.497 e. The quantitative estimate of drug-likeness (QED) is 0.625. The third-order valence-electron chi connectivity index (χ3n) is 4.42. The Bertz CT molecular complexity index is 840. The highest BCUT2D eigenvalue weighted by Crippen LogP contribution is 2.30. The van der Waals surface area contributed by atoms with Crippen molar-refractivity contribution in [3.8, 4) is 5.75 Å². The summed E-state index contributed by atoms with van der Waals surface area (Å²) < 4.78 is 9.94. The molecule has 0 N–H and O–H groups in total. The molecule has 0 saturated carbocycles. The van der Waals surface area contributed by atoms with Crippen molar-refractivity contribution in [2.24, 2.45) is 0 Å².